The van der Waals surface area contributed by atoms with Crippen molar-refractivity contribution in [2.24, 2.45) is 10.8 Å². The van der Waals surface area contributed by atoms with Crippen molar-refractivity contribution in [2.75, 3.05) is 13.7 Å². The second-order valence-electron chi connectivity index (χ2n) is 6.84. The summed E-state index contributed by atoms with van der Waals surface area (Å²) >= 11 is 3.39. The average Bonchev–Trinajstić information content (AvgIpc) is 3.13. The molecule has 0 saturated heterocycles. The Kier molecular flexibility index (Phi) is 6.84. The summed E-state index contributed by atoms with van der Waals surface area (Å²) < 4.78 is 40.4. The lowest BCUT2D eigenvalue weighted by molar-refractivity contribution is -0.162. The van der Waals surface area contributed by atoms with Crippen LogP contribution in [0.5, 0.6) is 0 Å². The van der Waals surface area contributed by atoms with Crippen molar-refractivity contribution in [1.82, 2.24) is 5.01 Å². The predicted octanol–water partition coefficient (Wildman–Crippen LogP) is 3.87. The second kappa shape index (κ2) is 9.20. The van der Waals surface area contributed by atoms with Gasteiger partial charge in [-0.05, 0) is 50.2 Å². The molecule has 0 fully saturated rings. The minimum atomic E-state index is -1.38. The van der Waals surface area contributed by atoms with Crippen molar-refractivity contribution < 1.29 is 23.0 Å². The Morgan fingerprint density at radius 1 is 1.30 bits per heavy atom. The average molecular weight is 482 g/mol. The fourth-order valence-corrected chi connectivity index (χ4v) is 3.46. The Balaban J connectivity index is 2.16. The van der Waals surface area contributed by atoms with Crippen LogP contribution in [0.1, 0.15) is 30.9 Å². The van der Waals surface area contributed by atoms with E-state index in [0.717, 1.165) is 27.7 Å². The molecule has 1 aliphatic heterocycles. The summed E-state index contributed by atoms with van der Waals surface area (Å²) in [7, 11) is 1.40. The van der Waals surface area contributed by atoms with Gasteiger partial charge < -0.3 is 15.2 Å². The third-order valence-electron chi connectivity index (χ3n) is 4.88. The zero-order valence-corrected chi connectivity index (χ0v) is 18.2. The number of hydrogen-bond acceptors (Lipinski definition) is 5. The highest BCUT2D eigenvalue weighted by atomic mass is 79.9. The standard InChI is InChI=1S/C21H22BrF2N3O3/c1-13(29-2)20(28)27-21(10-3-11-25,14-4-6-15(22)7-5-14)30-19(26-27)17-12-16(23)8-9-18(17)24/h4-9,12-13H,3,10-11,25H2,1-2H3. The predicted molar refractivity (Wildman–Crippen MR) is 111 cm³/mol. The van der Waals surface area contributed by atoms with Crippen molar-refractivity contribution in [1.29, 1.82) is 0 Å². The molecule has 2 atom stereocenters. The summed E-state index contributed by atoms with van der Waals surface area (Å²) in [4.78, 5) is 13.1. The summed E-state index contributed by atoms with van der Waals surface area (Å²) in [5.41, 5.74) is 4.79. The minimum absolute atomic E-state index is 0.176. The first kappa shape index (κ1) is 22.3. The molecule has 0 bridgehead atoms. The van der Waals surface area contributed by atoms with Gasteiger partial charge in [0.05, 0.1) is 5.56 Å². The van der Waals surface area contributed by atoms with Gasteiger partial charge in [0.1, 0.15) is 17.7 Å². The number of ether oxygens (including phenoxy) is 2. The molecule has 3 rings (SSSR count). The van der Waals surface area contributed by atoms with Gasteiger partial charge in [-0.2, -0.15) is 5.01 Å². The van der Waals surface area contributed by atoms with Gasteiger partial charge in [-0.25, -0.2) is 8.78 Å². The van der Waals surface area contributed by atoms with Crippen molar-refractivity contribution in [3.8, 4) is 0 Å². The Morgan fingerprint density at radius 3 is 2.63 bits per heavy atom. The molecule has 0 radical (unpaired) electrons. The van der Waals surface area contributed by atoms with Crippen LogP contribution in [0.2, 0.25) is 0 Å². The fraction of sp³-hybridized carbons (Fsp3) is 0.333. The number of methoxy groups -OCH3 is 1. The fourth-order valence-electron chi connectivity index (χ4n) is 3.20. The molecule has 6 nitrogen and oxygen atoms in total. The molecule has 1 aliphatic rings. The molecule has 0 aromatic heterocycles. The lowest BCUT2D eigenvalue weighted by Crippen LogP contribution is -2.48. The maximum atomic E-state index is 14.5. The number of nitrogens with two attached hydrogens (primary N) is 1. The molecule has 0 aliphatic carbocycles. The summed E-state index contributed by atoms with van der Waals surface area (Å²) in [5.74, 6) is -2.04. The SMILES string of the molecule is COC(C)C(=O)N1N=C(c2cc(F)ccc2F)OC1(CCCN)c1ccc(Br)cc1. The normalized spacial score (nSPS) is 19.4. The molecular weight excluding hydrogens is 460 g/mol. The summed E-state index contributed by atoms with van der Waals surface area (Å²) in [6, 6.07) is 10.1. The number of carbonyl (C=O) groups is 1. The number of halogens is 3. The van der Waals surface area contributed by atoms with E-state index < -0.39 is 29.4 Å². The van der Waals surface area contributed by atoms with Crippen LogP contribution < -0.4 is 5.73 Å². The number of rotatable bonds is 7. The lowest BCUT2D eigenvalue weighted by atomic mass is 9.96. The van der Waals surface area contributed by atoms with Gasteiger partial charge in [-0.1, -0.05) is 28.1 Å². The number of hydrazone groups is 1. The Bertz CT molecular complexity index is 955. The highest BCUT2D eigenvalue weighted by molar-refractivity contribution is 9.10. The third-order valence-corrected chi connectivity index (χ3v) is 5.41. The van der Waals surface area contributed by atoms with E-state index in [0.29, 0.717) is 18.5 Å². The molecule has 0 saturated carbocycles. The van der Waals surface area contributed by atoms with Gasteiger partial charge in [0, 0.05) is 23.6 Å². The number of nitrogens with zero attached hydrogens (tertiary/aromatic N) is 2. The van der Waals surface area contributed by atoms with Crippen LogP contribution in [0.15, 0.2) is 52.0 Å². The smallest absolute Gasteiger partial charge is 0.275 e. The van der Waals surface area contributed by atoms with E-state index in [1.165, 1.54) is 7.11 Å². The van der Waals surface area contributed by atoms with Crippen LogP contribution in [0.4, 0.5) is 8.78 Å². The van der Waals surface area contributed by atoms with Crippen molar-refractivity contribution in [3.63, 3.8) is 0 Å². The van der Waals surface area contributed by atoms with Crippen LogP contribution in [0.3, 0.4) is 0 Å². The molecule has 1 heterocycles. The van der Waals surface area contributed by atoms with Crippen molar-refractivity contribution in [2.45, 2.75) is 31.6 Å². The van der Waals surface area contributed by atoms with E-state index in [1.54, 1.807) is 31.2 Å². The molecule has 9 heteroatoms. The first-order valence-electron chi connectivity index (χ1n) is 9.38. The summed E-state index contributed by atoms with van der Waals surface area (Å²) in [6.45, 7) is 1.92. The Hall–Kier alpha value is -2.36. The second-order valence-corrected chi connectivity index (χ2v) is 7.76. The van der Waals surface area contributed by atoms with Crippen LogP contribution in [0, 0.1) is 11.6 Å². The van der Waals surface area contributed by atoms with Gasteiger partial charge in [0.15, 0.2) is 0 Å². The Morgan fingerprint density at radius 2 is 2.00 bits per heavy atom. The molecule has 1 amide bonds. The zero-order chi connectivity index (χ0) is 21.9. The molecule has 30 heavy (non-hydrogen) atoms. The van der Waals surface area contributed by atoms with Gasteiger partial charge in [0.2, 0.25) is 11.6 Å². The molecular formula is C21H22BrF2N3O3. The van der Waals surface area contributed by atoms with Gasteiger partial charge in [-0.3, -0.25) is 4.79 Å². The summed E-state index contributed by atoms with van der Waals surface area (Å²) in [5, 5.41) is 5.43. The largest absolute Gasteiger partial charge is 0.443 e. The molecule has 2 unspecified atom stereocenters. The molecule has 2 aromatic carbocycles. The van der Waals surface area contributed by atoms with E-state index in [9.17, 15) is 13.6 Å². The number of benzene rings is 2. The van der Waals surface area contributed by atoms with Crippen LogP contribution in [0.25, 0.3) is 0 Å². The first-order valence-corrected chi connectivity index (χ1v) is 10.2. The number of carbonyl (C=O) groups excluding carboxylic acids is 1. The quantitative estimate of drug-likeness (QED) is 0.650. The monoisotopic (exact) mass is 481 g/mol. The number of hydrogen-bond donors (Lipinski definition) is 1. The van der Waals surface area contributed by atoms with Crippen LogP contribution in [-0.2, 0) is 20.0 Å². The van der Waals surface area contributed by atoms with E-state index in [-0.39, 0.29) is 17.9 Å². The molecule has 2 aromatic rings. The highest BCUT2D eigenvalue weighted by Crippen LogP contribution is 2.41. The number of amides is 1. The zero-order valence-electron chi connectivity index (χ0n) is 16.6. The topological polar surface area (TPSA) is 77.1 Å². The van der Waals surface area contributed by atoms with Crippen molar-refractivity contribution in [3.05, 3.63) is 69.7 Å². The maximum absolute atomic E-state index is 14.5. The maximum Gasteiger partial charge on any atom is 0.275 e. The van der Waals surface area contributed by atoms with Crippen LogP contribution >= 0.6 is 15.9 Å². The van der Waals surface area contributed by atoms with Gasteiger partial charge in [-0.15, -0.1) is 5.10 Å². The lowest BCUT2D eigenvalue weighted by Gasteiger charge is -2.36. The van der Waals surface area contributed by atoms with Gasteiger partial charge >= 0.3 is 0 Å². The first-order chi connectivity index (χ1) is 14.3. The van der Waals surface area contributed by atoms with E-state index in [2.05, 4.69) is 21.0 Å². The third kappa shape index (κ3) is 4.23. The van der Waals surface area contributed by atoms with Crippen LogP contribution in [-0.4, -0.2) is 36.6 Å². The van der Waals surface area contributed by atoms with E-state index >= 15 is 0 Å². The minimum Gasteiger partial charge on any atom is -0.443 e. The van der Waals surface area contributed by atoms with E-state index in [4.69, 9.17) is 15.2 Å². The van der Waals surface area contributed by atoms with E-state index in [1.807, 2.05) is 0 Å². The molecule has 160 valence electrons. The van der Waals surface area contributed by atoms with Crippen molar-refractivity contribution >= 4 is 27.7 Å². The Labute approximate surface area is 181 Å². The highest BCUT2D eigenvalue weighted by Gasteiger charge is 2.50. The van der Waals surface area contributed by atoms with Gasteiger partial charge in [0.25, 0.3) is 5.91 Å². The molecule has 2 N–H and O–H groups in total. The summed E-state index contributed by atoms with van der Waals surface area (Å²) in [6.07, 6.45) is -0.0471. The molecule has 0 spiro atoms.